The number of aliphatic hydroxyl groups is 1. The van der Waals surface area contributed by atoms with E-state index >= 15 is 0 Å². The highest BCUT2D eigenvalue weighted by molar-refractivity contribution is 5.38. The van der Waals surface area contributed by atoms with Crippen LogP contribution in [0.2, 0.25) is 0 Å². The normalized spacial score (nSPS) is 30.5. The van der Waals surface area contributed by atoms with E-state index in [1.165, 1.54) is 7.11 Å². The van der Waals surface area contributed by atoms with E-state index in [0.717, 1.165) is 17.5 Å². The van der Waals surface area contributed by atoms with Gasteiger partial charge in [-0.15, -0.1) is 0 Å². The molecule has 1 aromatic heterocycles. The first-order valence-corrected chi connectivity index (χ1v) is 7.44. The lowest BCUT2D eigenvalue weighted by Gasteiger charge is -2.31. The van der Waals surface area contributed by atoms with E-state index in [2.05, 4.69) is 5.10 Å². The molecule has 2 aliphatic rings. The highest BCUT2D eigenvalue weighted by Crippen LogP contribution is 2.49. The zero-order valence-corrected chi connectivity index (χ0v) is 12.4. The highest BCUT2D eigenvalue weighted by Gasteiger charge is 2.55. The van der Waals surface area contributed by atoms with Crippen LogP contribution in [-0.4, -0.2) is 34.0 Å². The summed E-state index contributed by atoms with van der Waals surface area (Å²) in [6.45, 7) is 0. The second kappa shape index (κ2) is 5.41. The lowest BCUT2D eigenvalue weighted by molar-refractivity contribution is -0.147. The van der Waals surface area contributed by atoms with Crippen LogP contribution in [0.4, 0.5) is 22.0 Å². The summed E-state index contributed by atoms with van der Waals surface area (Å²) in [5, 5.41) is 13.2. The fourth-order valence-corrected chi connectivity index (χ4v) is 3.59. The van der Waals surface area contributed by atoms with Crippen molar-refractivity contribution in [2.45, 2.75) is 62.5 Å². The summed E-state index contributed by atoms with van der Waals surface area (Å²) >= 11 is 0. The van der Waals surface area contributed by atoms with Gasteiger partial charge in [0.15, 0.2) is 5.69 Å². The van der Waals surface area contributed by atoms with Crippen LogP contribution in [0, 0.1) is 0 Å². The lowest BCUT2D eigenvalue weighted by atomic mass is 9.92. The maximum atomic E-state index is 13.8. The molecule has 3 atom stereocenters. The molecule has 0 amide bonds. The average Bonchev–Trinajstić information content (AvgIpc) is 2.94. The van der Waals surface area contributed by atoms with Crippen LogP contribution >= 0.6 is 0 Å². The van der Waals surface area contributed by atoms with E-state index in [0.29, 0.717) is 12.8 Å². The number of ether oxygens (including phenoxy) is 1. The molecule has 0 aliphatic heterocycles. The molecule has 2 aliphatic carbocycles. The number of aliphatic hydroxyl groups excluding tert-OH is 1. The van der Waals surface area contributed by atoms with Gasteiger partial charge in [-0.25, -0.2) is 8.78 Å². The van der Waals surface area contributed by atoms with E-state index in [4.69, 9.17) is 4.74 Å². The monoisotopic (exact) mass is 340 g/mol. The first kappa shape index (κ1) is 16.6. The predicted octanol–water partition coefficient (Wildman–Crippen LogP) is 3.26. The minimum Gasteiger partial charge on any atom is -0.382 e. The summed E-state index contributed by atoms with van der Waals surface area (Å²) in [4.78, 5) is 0. The number of nitrogens with zero attached hydrogens (tertiary/aromatic N) is 2. The molecule has 1 heterocycles. The molecule has 1 N–H and O–H groups in total. The van der Waals surface area contributed by atoms with Crippen LogP contribution in [0.15, 0.2) is 0 Å². The van der Waals surface area contributed by atoms with Gasteiger partial charge in [-0.3, -0.25) is 4.68 Å². The molecular weight excluding hydrogens is 323 g/mol. The largest absolute Gasteiger partial charge is 0.435 e. The Bertz CT molecular complexity index is 599. The molecule has 1 fully saturated rings. The quantitative estimate of drug-likeness (QED) is 0.841. The Morgan fingerprint density at radius 3 is 2.52 bits per heavy atom. The van der Waals surface area contributed by atoms with E-state index in [1.54, 1.807) is 0 Å². The van der Waals surface area contributed by atoms with Gasteiger partial charge in [-0.05, 0) is 12.8 Å². The van der Waals surface area contributed by atoms with Gasteiger partial charge < -0.3 is 9.84 Å². The van der Waals surface area contributed by atoms with Crippen LogP contribution in [0.1, 0.15) is 54.8 Å². The van der Waals surface area contributed by atoms with Crippen molar-refractivity contribution in [1.82, 2.24) is 9.78 Å². The van der Waals surface area contributed by atoms with Crippen molar-refractivity contribution in [3.8, 4) is 0 Å². The van der Waals surface area contributed by atoms with Crippen LogP contribution < -0.4 is 0 Å². The molecule has 0 unspecified atom stereocenters. The number of hydrogen-bond acceptors (Lipinski definition) is 3. The Morgan fingerprint density at radius 1 is 1.26 bits per heavy atom. The molecule has 0 spiro atoms. The first-order valence-electron chi connectivity index (χ1n) is 7.44. The smallest absolute Gasteiger partial charge is 0.382 e. The molecule has 0 radical (unpaired) electrons. The summed E-state index contributed by atoms with van der Waals surface area (Å²) in [6, 6.07) is -0.528. The zero-order chi connectivity index (χ0) is 17.0. The van der Waals surface area contributed by atoms with E-state index < -0.39 is 41.9 Å². The fourth-order valence-electron chi connectivity index (χ4n) is 3.59. The molecule has 130 valence electrons. The van der Waals surface area contributed by atoms with Gasteiger partial charge in [0.1, 0.15) is 6.10 Å². The van der Waals surface area contributed by atoms with Crippen molar-refractivity contribution in [3.63, 3.8) is 0 Å². The van der Waals surface area contributed by atoms with Crippen molar-refractivity contribution < 1.29 is 31.8 Å². The van der Waals surface area contributed by atoms with Crippen LogP contribution in [-0.2, 0) is 17.3 Å². The second-order valence-electron chi connectivity index (χ2n) is 6.12. The van der Waals surface area contributed by atoms with Crippen LogP contribution in [0.25, 0.3) is 0 Å². The standard InChI is InChI=1S/C14H17F5N2O2/c1-23-9-5-3-2-4-7(9)21-8-6-13(15,16)12(22)10(8)11(20-21)14(17,18)19/h7,9,12,22H,2-6H2,1H3/t7-,9+,12-/m0/s1. The molecule has 4 nitrogen and oxygen atoms in total. The van der Waals surface area contributed by atoms with Crippen molar-refractivity contribution >= 4 is 0 Å². The molecule has 0 saturated heterocycles. The summed E-state index contributed by atoms with van der Waals surface area (Å²) in [5.41, 5.74) is -2.44. The molecular formula is C14H17F5N2O2. The van der Waals surface area contributed by atoms with Gasteiger partial charge in [0, 0.05) is 12.7 Å². The number of rotatable bonds is 2. The fraction of sp³-hybridized carbons (Fsp3) is 0.786. The Morgan fingerprint density at radius 2 is 1.91 bits per heavy atom. The topological polar surface area (TPSA) is 47.3 Å². The van der Waals surface area contributed by atoms with Crippen molar-refractivity contribution in [2.24, 2.45) is 0 Å². The van der Waals surface area contributed by atoms with Crippen LogP contribution in [0.3, 0.4) is 0 Å². The first-order chi connectivity index (χ1) is 10.7. The second-order valence-corrected chi connectivity index (χ2v) is 6.12. The molecule has 0 bridgehead atoms. The highest BCUT2D eigenvalue weighted by atomic mass is 19.4. The Kier molecular flexibility index (Phi) is 3.91. The molecule has 9 heteroatoms. The Balaban J connectivity index is 2.11. The Labute approximate surface area is 129 Å². The molecule has 1 aromatic rings. The third-order valence-electron chi connectivity index (χ3n) is 4.68. The number of halogens is 5. The number of aromatic nitrogens is 2. The maximum Gasteiger partial charge on any atom is 0.435 e. The van der Waals surface area contributed by atoms with Gasteiger partial charge in [0.05, 0.1) is 24.3 Å². The number of methoxy groups -OCH3 is 1. The third-order valence-corrected chi connectivity index (χ3v) is 4.68. The minimum atomic E-state index is -4.89. The molecule has 3 rings (SSSR count). The summed E-state index contributed by atoms with van der Waals surface area (Å²) in [6.07, 6.45) is -5.93. The van der Waals surface area contributed by atoms with E-state index in [1.807, 2.05) is 0 Å². The molecule has 1 saturated carbocycles. The van der Waals surface area contributed by atoms with Gasteiger partial charge in [-0.2, -0.15) is 18.3 Å². The number of fused-ring (bicyclic) bond motifs is 1. The summed E-state index contributed by atoms with van der Waals surface area (Å²) in [7, 11) is 1.45. The summed E-state index contributed by atoms with van der Waals surface area (Å²) in [5.74, 6) is -3.62. The van der Waals surface area contributed by atoms with Gasteiger partial charge in [-0.1, -0.05) is 12.8 Å². The van der Waals surface area contributed by atoms with Crippen molar-refractivity contribution in [3.05, 3.63) is 17.0 Å². The Hall–Kier alpha value is -1.22. The number of alkyl halides is 5. The maximum absolute atomic E-state index is 13.8. The van der Waals surface area contributed by atoms with Gasteiger partial charge >= 0.3 is 6.18 Å². The molecule has 0 aromatic carbocycles. The van der Waals surface area contributed by atoms with E-state index in [-0.39, 0.29) is 11.8 Å². The van der Waals surface area contributed by atoms with Crippen molar-refractivity contribution in [1.29, 1.82) is 0 Å². The van der Waals surface area contributed by atoms with Crippen LogP contribution in [0.5, 0.6) is 0 Å². The third kappa shape index (κ3) is 2.63. The van der Waals surface area contributed by atoms with Gasteiger partial charge in [0.2, 0.25) is 0 Å². The summed E-state index contributed by atoms with van der Waals surface area (Å²) < 4.78 is 73.4. The van der Waals surface area contributed by atoms with Crippen molar-refractivity contribution in [2.75, 3.05) is 7.11 Å². The molecule has 23 heavy (non-hydrogen) atoms. The van der Waals surface area contributed by atoms with Gasteiger partial charge in [0.25, 0.3) is 5.92 Å². The number of hydrogen-bond donors (Lipinski definition) is 1. The van der Waals surface area contributed by atoms with E-state index in [9.17, 15) is 27.1 Å². The zero-order valence-electron chi connectivity index (χ0n) is 12.4. The SMILES string of the molecule is CO[C@@H]1CCCC[C@@H]1n1nc(C(F)(F)F)c2c1CC(F)(F)[C@H]2O. The average molecular weight is 340 g/mol. The lowest BCUT2D eigenvalue weighted by Crippen LogP contribution is -2.32. The predicted molar refractivity (Wildman–Crippen MR) is 69.1 cm³/mol. The minimum absolute atomic E-state index is 0.233.